The minimum Gasteiger partial charge on any atom is -0.496 e. The minimum atomic E-state index is -0.507. The van der Waals surface area contributed by atoms with Crippen LogP contribution in [0.25, 0.3) is 0 Å². The molecule has 0 amide bonds. The second-order valence-electron chi connectivity index (χ2n) is 5.54. The SMILES string of the molecule is COc1ccccc1[C@@H](O)[C@H]1CN1[C@@H](C)c1ccccc1. The largest absolute Gasteiger partial charge is 0.496 e. The summed E-state index contributed by atoms with van der Waals surface area (Å²) >= 11 is 0. The van der Waals surface area contributed by atoms with Gasteiger partial charge in [0.25, 0.3) is 0 Å². The summed E-state index contributed by atoms with van der Waals surface area (Å²) in [5.41, 5.74) is 2.15. The van der Waals surface area contributed by atoms with Crippen molar-refractivity contribution in [2.24, 2.45) is 0 Å². The van der Waals surface area contributed by atoms with E-state index in [1.54, 1.807) is 7.11 Å². The average molecular weight is 283 g/mol. The smallest absolute Gasteiger partial charge is 0.124 e. The maximum atomic E-state index is 10.6. The Labute approximate surface area is 125 Å². The van der Waals surface area contributed by atoms with Crippen LogP contribution in [0.4, 0.5) is 0 Å². The number of benzene rings is 2. The number of ether oxygens (including phenoxy) is 1. The highest BCUT2D eigenvalue weighted by Gasteiger charge is 2.44. The minimum absolute atomic E-state index is 0.163. The molecule has 2 aromatic rings. The number of aliphatic hydroxyl groups is 1. The third-order valence-corrected chi connectivity index (χ3v) is 4.29. The summed E-state index contributed by atoms with van der Waals surface area (Å²) in [4.78, 5) is 2.31. The van der Waals surface area contributed by atoms with E-state index in [9.17, 15) is 5.11 Å². The van der Waals surface area contributed by atoms with E-state index in [1.165, 1.54) is 5.56 Å². The second kappa shape index (κ2) is 5.88. The fourth-order valence-corrected chi connectivity index (χ4v) is 2.94. The van der Waals surface area contributed by atoms with Gasteiger partial charge in [0.15, 0.2) is 0 Å². The van der Waals surface area contributed by atoms with Gasteiger partial charge in [-0.25, -0.2) is 0 Å². The van der Waals surface area contributed by atoms with E-state index in [-0.39, 0.29) is 6.04 Å². The van der Waals surface area contributed by atoms with Gasteiger partial charge in [-0.3, -0.25) is 4.90 Å². The molecule has 0 bridgehead atoms. The van der Waals surface area contributed by atoms with Gasteiger partial charge < -0.3 is 9.84 Å². The third kappa shape index (κ3) is 2.80. The summed E-state index contributed by atoms with van der Waals surface area (Å²) in [7, 11) is 1.64. The van der Waals surface area contributed by atoms with Crippen LogP contribution in [-0.2, 0) is 0 Å². The highest BCUT2D eigenvalue weighted by molar-refractivity contribution is 5.37. The van der Waals surface area contributed by atoms with Gasteiger partial charge >= 0.3 is 0 Å². The molecule has 110 valence electrons. The number of rotatable bonds is 5. The highest BCUT2D eigenvalue weighted by Crippen LogP contribution is 2.40. The molecule has 21 heavy (non-hydrogen) atoms. The molecule has 1 N–H and O–H groups in total. The second-order valence-corrected chi connectivity index (χ2v) is 5.54. The van der Waals surface area contributed by atoms with E-state index in [0.29, 0.717) is 6.04 Å². The van der Waals surface area contributed by atoms with Crippen LogP contribution in [-0.4, -0.2) is 29.7 Å². The van der Waals surface area contributed by atoms with Gasteiger partial charge in [-0.1, -0.05) is 48.5 Å². The highest BCUT2D eigenvalue weighted by atomic mass is 16.5. The maximum absolute atomic E-state index is 10.6. The third-order valence-electron chi connectivity index (χ3n) is 4.29. The lowest BCUT2D eigenvalue weighted by Gasteiger charge is -2.18. The van der Waals surface area contributed by atoms with Crippen LogP contribution in [0.1, 0.15) is 30.2 Å². The van der Waals surface area contributed by atoms with Crippen molar-refractivity contribution in [2.45, 2.75) is 25.1 Å². The quantitative estimate of drug-likeness (QED) is 0.855. The summed E-state index contributed by atoms with van der Waals surface area (Å²) in [6.45, 7) is 3.10. The van der Waals surface area contributed by atoms with Gasteiger partial charge in [0.2, 0.25) is 0 Å². The molecule has 1 aliphatic heterocycles. The van der Waals surface area contributed by atoms with Crippen molar-refractivity contribution < 1.29 is 9.84 Å². The van der Waals surface area contributed by atoms with E-state index in [2.05, 4.69) is 36.1 Å². The van der Waals surface area contributed by atoms with Crippen molar-refractivity contribution >= 4 is 0 Å². The molecule has 2 aromatic carbocycles. The predicted molar refractivity (Wildman–Crippen MR) is 83.3 cm³/mol. The zero-order chi connectivity index (χ0) is 14.8. The lowest BCUT2D eigenvalue weighted by atomic mass is 10.0. The molecule has 0 radical (unpaired) electrons. The van der Waals surface area contributed by atoms with Gasteiger partial charge in [0.05, 0.1) is 19.3 Å². The summed E-state index contributed by atoms with van der Waals surface area (Å²) in [6.07, 6.45) is -0.507. The van der Waals surface area contributed by atoms with Gasteiger partial charge in [0.1, 0.15) is 5.75 Å². The normalized spacial score (nSPS) is 23.4. The van der Waals surface area contributed by atoms with Crippen molar-refractivity contribution in [3.63, 3.8) is 0 Å². The summed E-state index contributed by atoms with van der Waals surface area (Å²) in [5.74, 6) is 0.754. The van der Waals surface area contributed by atoms with E-state index in [0.717, 1.165) is 17.9 Å². The molecule has 3 rings (SSSR count). The number of methoxy groups -OCH3 is 1. The molecule has 1 saturated heterocycles. The number of aliphatic hydroxyl groups excluding tert-OH is 1. The zero-order valence-electron chi connectivity index (χ0n) is 12.4. The molecule has 3 nitrogen and oxygen atoms in total. The molecular formula is C18H21NO2. The lowest BCUT2D eigenvalue weighted by Crippen LogP contribution is -2.15. The Kier molecular flexibility index (Phi) is 3.95. The molecular weight excluding hydrogens is 262 g/mol. The van der Waals surface area contributed by atoms with Crippen LogP contribution in [0, 0.1) is 0 Å². The molecule has 0 aliphatic carbocycles. The lowest BCUT2D eigenvalue weighted by molar-refractivity contribution is 0.147. The number of para-hydroxylation sites is 1. The van der Waals surface area contributed by atoms with Crippen molar-refractivity contribution in [1.82, 2.24) is 4.90 Å². The molecule has 0 spiro atoms. The van der Waals surface area contributed by atoms with E-state index in [4.69, 9.17) is 4.74 Å². The fourth-order valence-electron chi connectivity index (χ4n) is 2.94. The van der Waals surface area contributed by atoms with Crippen LogP contribution in [0.15, 0.2) is 54.6 Å². The van der Waals surface area contributed by atoms with Gasteiger partial charge in [-0.05, 0) is 18.6 Å². The van der Waals surface area contributed by atoms with Gasteiger partial charge in [0, 0.05) is 18.2 Å². The van der Waals surface area contributed by atoms with Crippen LogP contribution >= 0.6 is 0 Å². The number of nitrogens with zero attached hydrogens (tertiary/aromatic N) is 1. The average Bonchev–Trinajstić information content (AvgIpc) is 3.35. The van der Waals surface area contributed by atoms with Crippen LogP contribution < -0.4 is 4.74 Å². The zero-order valence-corrected chi connectivity index (χ0v) is 12.4. The molecule has 4 atom stereocenters. The first-order valence-electron chi connectivity index (χ1n) is 7.34. The summed E-state index contributed by atoms with van der Waals surface area (Å²) in [6, 6.07) is 18.6. The Morgan fingerprint density at radius 3 is 2.48 bits per heavy atom. The molecule has 0 saturated carbocycles. The van der Waals surface area contributed by atoms with Gasteiger partial charge in [-0.2, -0.15) is 0 Å². The van der Waals surface area contributed by atoms with Crippen molar-refractivity contribution in [3.05, 3.63) is 65.7 Å². The van der Waals surface area contributed by atoms with Gasteiger partial charge in [-0.15, -0.1) is 0 Å². The summed E-state index contributed by atoms with van der Waals surface area (Å²) in [5, 5.41) is 10.6. The molecule has 3 heteroatoms. The summed E-state index contributed by atoms with van der Waals surface area (Å²) < 4.78 is 5.35. The topological polar surface area (TPSA) is 32.5 Å². The monoisotopic (exact) mass is 283 g/mol. The molecule has 1 heterocycles. The number of hydrogen-bond acceptors (Lipinski definition) is 3. The molecule has 1 fully saturated rings. The number of hydrogen-bond donors (Lipinski definition) is 1. The van der Waals surface area contributed by atoms with E-state index >= 15 is 0 Å². The van der Waals surface area contributed by atoms with Crippen molar-refractivity contribution in [2.75, 3.05) is 13.7 Å². The van der Waals surface area contributed by atoms with Crippen LogP contribution in [0.3, 0.4) is 0 Å². The Hall–Kier alpha value is -1.84. The molecule has 1 unspecified atom stereocenters. The fraction of sp³-hybridized carbons (Fsp3) is 0.333. The first-order chi connectivity index (χ1) is 10.2. The van der Waals surface area contributed by atoms with Crippen molar-refractivity contribution in [1.29, 1.82) is 0 Å². The van der Waals surface area contributed by atoms with E-state index < -0.39 is 6.10 Å². The Bertz CT molecular complexity index is 599. The Balaban J connectivity index is 1.73. The van der Waals surface area contributed by atoms with Crippen LogP contribution in [0.5, 0.6) is 5.75 Å². The first kappa shape index (κ1) is 14.1. The molecule has 0 aromatic heterocycles. The van der Waals surface area contributed by atoms with Crippen LogP contribution in [0.2, 0.25) is 0 Å². The first-order valence-corrected chi connectivity index (χ1v) is 7.34. The predicted octanol–water partition coefficient (Wildman–Crippen LogP) is 3.17. The standard InChI is InChI=1S/C18H21NO2/c1-13(14-8-4-3-5-9-14)19-12-16(19)18(20)15-10-6-7-11-17(15)21-2/h3-11,13,16,18,20H,12H2,1-2H3/t13-,16+,18+,19?/m0/s1. The van der Waals surface area contributed by atoms with E-state index in [1.807, 2.05) is 30.3 Å². The Morgan fingerprint density at radius 2 is 1.76 bits per heavy atom. The Morgan fingerprint density at radius 1 is 1.10 bits per heavy atom. The maximum Gasteiger partial charge on any atom is 0.124 e. The van der Waals surface area contributed by atoms with Crippen molar-refractivity contribution in [3.8, 4) is 5.75 Å². The molecule has 1 aliphatic rings.